The summed E-state index contributed by atoms with van der Waals surface area (Å²) in [7, 11) is 0. The van der Waals surface area contributed by atoms with Crippen molar-refractivity contribution in [3.05, 3.63) is 70.0 Å². The van der Waals surface area contributed by atoms with Crippen molar-refractivity contribution in [2.75, 3.05) is 41.8 Å². The second-order valence-electron chi connectivity index (χ2n) is 8.36. The monoisotopic (exact) mass is 578 g/mol. The summed E-state index contributed by atoms with van der Waals surface area (Å²) in [5.41, 5.74) is 0.394. The van der Waals surface area contributed by atoms with Crippen LogP contribution in [0.2, 0.25) is 5.02 Å². The first kappa shape index (κ1) is 25.7. The van der Waals surface area contributed by atoms with E-state index in [2.05, 4.69) is 35.8 Å². The average molecular weight is 579 g/mol. The third kappa shape index (κ3) is 5.73. The van der Waals surface area contributed by atoms with Gasteiger partial charge in [-0.25, -0.2) is 9.59 Å². The average Bonchev–Trinajstić information content (AvgIpc) is 3.42. The molecule has 15 heteroatoms. The Morgan fingerprint density at radius 3 is 2.60 bits per heavy atom. The summed E-state index contributed by atoms with van der Waals surface area (Å²) in [5.74, 6) is 0.323. The molecule has 1 aliphatic rings. The molecule has 3 aromatic heterocycles. The van der Waals surface area contributed by atoms with E-state index in [0.29, 0.717) is 53.9 Å². The molecule has 1 saturated heterocycles. The maximum absolute atomic E-state index is 12.7. The smallest absolute Gasteiger partial charge is 0.349 e. The predicted octanol–water partition coefficient (Wildman–Crippen LogP) is 4.31. The fourth-order valence-electron chi connectivity index (χ4n) is 3.82. The number of para-hydroxylation sites is 2. The van der Waals surface area contributed by atoms with Gasteiger partial charge in [0.15, 0.2) is 0 Å². The van der Waals surface area contributed by atoms with Crippen molar-refractivity contribution in [2.45, 2.75) is 10.4 Å². The van der Waals surface area contributed by atoms with Crippen molar-refractivity contribution >= 4 is 57.9 Å². The molecule has 5 aromatic rings. The molecule has 1 aliphatic heterocycles. The molecule has 2 aromatic carbocycles. The van der Waals surface area contributed by atoms with Gasteiger partial charge in [-0.2, -0.15) is 15.0 Å². The molecule has 40 heavy (non-hydrogen) atoms. The number of halogens is 1. The molecule has 0 atom stereocenters. The molecular formula is C25H19ClN8O5S. The summed E-state index contributed by atoms with van der Waals surface area (Å²) in [6.45, 7) is 2.13. The lowest BCUT2D eigenvalue weighted by Gasteiger charge is -2.26. The largest absolute Gasteiger partial charge is 0.422 e. The number of fused-ring (bicyclic) bond motifs is 1. The van der Waals surface area contributed by atoms with Gasteiger partial charge in [0.2, 0.25) is 17.1 Å². The number of benzene rings is 2. The van der Waals surface area contributed by atoms with Gasteiger partial charge in [-0.15, -0.1) is 10.2 Å². The molecule has 4 heterocycles. The van der Waals surface area contributed by atoms with E-state index in [4.69, 9.17) is 25.2 Å². The van der Waals surface area contributed by atoms with Crippen LogP contribution in [0.5, 0.6) is 0 Å². The number of urea groups is 1. The highest BCUT2D eigenvalue weighted by atomic mass is 35.5. The number of anilines is 3. The van der Waals surface area contributed by atoms with Crippen LogP contribution in [0.3, 0.4) is 0 Å². The number of hydrogen-bond acceptors (Lipinski definition) is 12. The number of nitrogens with zero attached hydrogens (tertiary/aromatic N) is 6. The number of carbonyl (C=O) groups excluding carboxylic acids is 1. The van der Waals surface area contributed by atoms with Gasteiger partial charge in [-0.1, -0.05) is 41.9 Å². The molecule has 2 amide bonds. The fraction of sp³-hybridized carbons (Fsp3) is 0.160. The Bertz CT molecular complexity index is 1760. The molecule has 202 valence electrons. The summed E-state index contributed by atoms with van der Waals surface area (Å²) in [5, 5.41) is 14.7. The number of nitrogens with one attached hydrogen (secondary N) is 2. The minimum Gasteiger partial charge on any atom is -0.422 e. The molecule has 6 rings (SSSR count). The first-order chi connectivity index (χ1) is 19.5. The number of hydrogen-bond donors (Lipinski definition) is 2. The SMILES string of the molecule is O=C(Nc1nc(Sc2nnc(-c3cc4ccccc4oc3=O)o2)nc(N2CCOCC2)n1)Nc1ccccc1Cl. The van der Waals surface area contributed by atoms with Gasteiger partial charge in [0.05, 0.1) is 23.9 Å². The van der Waals surface area contributed by atoms with E-state index < -0.39 is 11.7 Å². The van der Waals surface area contributed by atoms with Gasteiger partial charge in [0.1, 0.15) is 11.1 Å². The van der Waals surface area contributed by atoms with E-state index in [1.54, 1.807) is 42.5 Å². The topological polar surface area (TPSA) is 161 Å². The fourth-order valence-corrected chi connectivity index (χ4v) is 4.62. The van der Waals surface area contributed by atoms with E-state index in [1.807, 2.05) is 17.0 Å². The predicted molar refractivity (Wildman–Crippen MR) is 147 cm³/mol. The quantitative estimate of drug-likeness (QED) is 0.275. The number of carbonyl (C=O) groups is 1. The summed E-state index contributed by atoms with van der Waals surface area (Å²) in [6, 6.07) is 15.0. The lowest BCUT2D eigenvalue weighted by atomic mass is 10.2. The lowest BCUT2D eigenvalue weighted by molar-refractivity contribution is 0.122. The molecule has 13 nitrogen and oxygen atoms in total. The van der Waals surface area contributed by atoms with Crippen LogP contribution in [0, 0.1) is 0 Å². The van der Waals surface area contributed by atoms with Crippen molar-refractivity contribution in [1.82, 2.24) is 25.1 Å². The second-order valence-corrected chi connectivity index (χ2v) is 9.69. The van der Waals surface area contributed by atoms with Crippen molar-refractivity contribution in [3.63, 3.8) is 0 Å². The van der Waals surface area contributed by atoms with Crippen molar-refractivity contribution < 1.29 is 18.4 Å². The normalized spacial score (nSPS) is 13.4. The van der Waals surface area contributed by atoms with Crippen LogP contribution in [-0.2, 0) is 4.74 Å². The van der Waals surface area contributed by atoms with Crippen LogP contribution in [-0.4, -0.2) is 57.5 Å². The highest BCUT2D eigenvalue weighted by Crippen LogP contribution is 2.29. The Labute approximate surface area is 234 Å². The van der Waals surface area contributed by atoms with Crippen LogP contribution < -0.4 is 21.2 Å². The highest BCUT2D eigenvalue weighted by molar-refractivity contribution is 7.98. The van der Waals surface area contributed by atoms with E-state index in [-0.39, 0.29) is 27.8 Å². The van der Waals surface area contributed by atoms with Gasteiger partial charge in [-0.3, -0.25) is 5.32 Å². The van der Waals surface area contributed by atoms with Gasteiger partial charge in [0, 0.05) is 30.2 Å². The standard InChI is InChI=1S/C25H19ClN8O5S/c26-16-6-2-3-7-17(16)27-23(36)29-21-28-22(34-9-11-37-12-10-34)31-24(30-21)40-25-33-32-19(39-25)15-13-14-5-1-4-8-18(14)38-20(15)35/h1-8,13H,9-12H2,(H2,27,28,29,30,31,36). The lowest BCUT2D eigenvalue weighted by Crippen LogP contribution is -2.37. The van der Waals surface area contributed by atoms with Crippen LogP contribution >= 0.6 is 23.4 Å². The van der Waals surface area contributed by atoms with Gasteiger partial charge in [-0.05, 0) is 24.3 Å². The summed E-state index contributed by atoms with van der Waals surface area (Å²) in [4.78, 5) is 40.4. The van der Waals surface area contributed by atoms with E-state index in [1.165, 1.54) is 0 Å². The third-order valence-electron chi connectivity index (χ3n) is 5.70. The number of aromatic nitrogens is 5. The van der Waals surface area contributed by atoms with Crippen LogP contribution in [0.25, 0.3) is 22.4 Å². The second kappa shape index (κ2) is 11.3. The maximum atomic E-state index is 12.7. The Morgan fingerprint density at radius 2 is 1.75 bits per heavy atom. The minimum atomic E-state index is -0.607. The van der Waals surface area contributed by atoms with Crippen LogP contribution in [0.1, 0.15) is 0 Å². The molecule has 0 bridgehead atoms. The molecule has 0 aliphatic carbocycles. The first-order valence-corrected chi connectivity index (χ1v) is 13.2. The van der Waals surface area contributed by atoms with E-state index >= 15 is 0 Å². The number of ether oxygens (including phenoxy) is 1. The zero-order valence-electron chi connectivity index (χ0n) is 20.5. The molecule has 1 fully saturated rings. The van der Waals surface area contributed by atoms with Crippen LogP contribution in [0.15, 0.2) is 78.6 Å². The Morgan fingerprint density at radius 1 is 0.950 bits per heavy atom. The Balaban J connectivity index is 1.26. The van der Waals surface area contributed by atoms with E-state index in [0.717, 1.165) is 11.8 Å². The van der Waals surface area contributed by atoms with Gasteiger partial charge in [0.25, 0.3) is 11.1 Å². The molecule has 0 spiro atoms. The van der Waals surface area contributed by atoms with Gasteiger partial charge < -0.3 is 23.8 Å². The summed E-state index contributed by atoms with van der Waals surface area (Å²) < 4.78 is 16.5. The van der Waals surface area contributed by atoms with E-state index in [9.17, 15) is 9.59 Å². The minimum absolute atomic E-state index is 0.00143. The van der Waals surface area contributed by atoms with Crippen LogP contribution in [0.4, 0.5) is 22.4 Å². The number of amides is 2. The Hall–Kier alpha value is -4.53. The molecule has 0 saturated carbocycles. The Kier molecular flexibility index (Phi) is 7.27. The highest BCUT2D eigenvalue weighted by Gasteiger charge is 2.21. The molecular weight excluding hydrogens is 560 g/mol. The zero-order valence-corrected chi connectivity index (χ0v) is 22.1. The van der Waals surface area contributed by atoms with Crippen molar-refractivity contribution in [2.24, 2.45) is 0 Å². The summed E-state index contributed by atoms with van der Waals surface area (Å²) >= 11 is 7.10. The summed E-state index contributed by atoms with van der Waals surface area (Å²) in [6.07, 6.45) is 0. The molecule has 0 unspecified atom stereocenters. The first-order valence-electron chi connectivity index (χ1n) is 12.0. The van der Waals surface area contributed by atoms with Crippen molar-refractivity contribution in [1.29, 1.82) is 0 Å². The molecule has 2 N–H and O–H groups in total. The third-order valence-corrected chi connectivity index (χ3v) is 6.74. The maximum Gasteiger partial charge on any atom is 0.349 e. The van der Waals surface area contributed by atoms with Gasteiger partial charge >= 0.3 is 11.7 Å². The number of rotatable bonds is 6. The van der Waals surface area contributed by atoms with Crippen molar-refractivity contribution in [3.8, 4) is 11.5 Å². The zero-order chi connectivity index (χ0) is 27.5. The number of morpholine rings is 1. The molecule has 0 radical (unpaired) electrons.